The predicted molar refractivity (Wildman–Crippen MR) is 51.6 cm³/mol. The van der Waals surface area contributed by atoms with Crippen LogP contribution in [0.15, 0.2) is 23.1 Å². The number of hydrogen-bond donors (Lipinski definition) is 1. The Morgan fingerprint density at radius 3 is 2.13 bits per heavy atom. The molecule has 5 nitrogen and oxygen atoms in total. The van der Waals surface area contributed by atoms with Gasteiger partial charge in [-0.25, -0.2) is 4.90 Å². The number of nitrogens with zero attached hydrogens (tertiary/aromatic N) is 1. The van der Waals surface area contributed by atoms with Crippen LogP contribution in [0.4, 0.5) is 0 Å². The second kappa shape index (κ2) is 3.68. The first kappa shape index (κ1) is 11.2. The highest BCUT2D eigenvalue weighted by Crippen LogP contribution is 2.27. The average Bonchev–Trinajstić information content (AvgIpc) is 2.36. The lowest BCUT2D eigenvalue weighted by molar-refractivity contribution is -0.138. The first-order valence-electron chi connectivity index (χ1n) is 4.37. The summed E-state index contributed by atoms with van der Waals surface area (Å²) in [5.41, 5.74) is -0.268. The lowest BCUT2D eigenvalue weighted by Gasteiger charge is -2.13. The van der Waals surface area contributed by atoms with Crippen LogP contribution in [0.1, 0.15) is 20.8 Å². The standard InChI is InChI=1S/C10H11NO4/c1-4-7-9(14)8(5(2)12)10(15)11(7)6(3)13/h4,14H,1-3H3/b7-4+. The summed E-state index contributed by atoms with van der Waals surface area (Å²) in [7, 11) is 0. The van der Waals surface area contributed by atoms with E-state index in [1.807, 2.05) is 0 Å². The van der Waals surface area contributed by atoms with E-state index in [4.69, 9.17) is 0 Å². The molecule has 0 bridgehead atoms. The lowest BCUT2D eigenvalue weighted by Crippen LogP contribution is -2.31. The van der Waals surface area contributed by atoms with Gasteiger partial charge in [0.15, 0.2) is 11.5 Å². The van der Waals surface area contributed by atoms with E-state index in [0.29, 0.717) is 0 Å². The third-order valence-electron chi connectivity index (χ3n) is 2.08. The molecule has 0 aromatic carbocycles. The molecule has 0 saturated carbocycles. The summed E-state index contributed by atoms with van der Waals surface area (Å²) < 4.78 is 0. The van der Waals surface area contributed by atoms with Crippen LogP contribution in [0.2, 0.25) is 0 Å². The second-order valence-corrected chi connectivity index (χ2v) is 3.11. The Balaban J connectivity index is 3.34. The average molecular weight is 209 g/mol. The summed E-state index contributed by atoms with van der Waals surface area (Å²) in [6.07, 6.45) is 1.41. The molecule has 80 valence electrons. The number of Topliss-reactive ketones (excluding diaryl/α,β-unsaturated/α-hetero) is 1. The second-order valence-electron chi connectivity index (χ2n) is 3.11. The van der Waals surface area contributed by atoms with Crippen molar-refractivity contribution in [1.29, 1.82) is 0 Å². The summed E-state index contributed by atoms with van der Waals surface area (Å²) in [6.45, 7) is 3.93. The Kier molecular flexibility index (Phi) is 2.74. The molecule has 1 heterocycles. The van der Waals surface area contributed by atoms with Crippen molar-refractivity contribution in [1.82, 2.24) is 4.90 Å². The Labute approximate surface area is 86.7 Å². The maximum absolute atomic E-state index is 11.6. The Morgan fingerprint density at radius 2 is 1.87 bits per heavy atom. The van der Waals surface area contributed by atoms with Gasteiger partial charge in [-0.15, -0.1) is 0 Å². The van der Waals surface area contributed by atoms with E-state index < -0.39 is 23.4 Å². The largest absolute Gasteiger partial charge is 0.505 e. The van der Waals surface area contributed by atoms with Crippen molar-refractivity contribution in [3.8, 4) is 0 Å². The van der Waals surface area contributed by atoms with E-state index in [9.17, 15) is 19.5 Å². The van der Waals surface area contributed by atoms with E-state index in [1.54, 1.807) is 6.92 Å². The molecule has 1 N–H and O–H groups in total. The molecule has 0 spiro atoms. The van der Waals surface area contributed by atoms with Crippen LogP contribution in [0, 0.1) is 0 Å². The molecule has 0 unspecified atom stereocenters. The fourth-order valence-electron chi connectivity index (χ4n) is 1.45. The van der Waals surface area contributed by atoms with Gasteiger partial charge in [0.05, 0.1) is 5.70 Å². The molecule has 5 heteroatoms. The molecule has 1 aliphatic rings. The van der Waals surface area contributed by atoms with Crippen LogP contribution >= 0.6 is 0 Å². The molecule has 2 amide bonds. The zero-order chi connectivity index (χ0) is 11.7. The lowest BCUT2D eigenvalue weighted by atomic mass is 10.1. The smallest absolute Gasteiger partial charge is 0.272 e. The number of allylic oxidation sites excluding steroid dienone is 1. The number of aliphatic hydroxyl groups excluding tert-OH is 1. The van der Waals surface area contributed by atoms with E-state index in [1.165, 1.54) is 19.9 Å². The molecular formula is C10H11NO4. The maximum atomic E-state index is 11.6. The minimum absolute atomic E-state index is 0.0673. The van der Waals surface area contributed by atoms with Crippen molar-refractivity contribution in [2.75, 3.05) is 0 Å². The van der Waals surface area contributed by atoms with Gasteiger partial charge in [-0.3, -0.25) is 14.4 Å². The van der Waals surface area contributed by atoms with Crippen LogP contribution in [0.5, 0.6) is 0 Å². The third-order valence-corrected chi connectivity index (χ3v) is 2.08. The highest BCUT2D eigenvalue weighted by molar-refractivity contribution is 6.25. The number of aliphatic hydroxyl groups is 1. The van der Waals surface area contributed by atoms with Crippen molar-refractivity contribution >= 4 is 17.6 Å². The third kappa shape index (κ3) is 1.56. The Bertz CT molecular complexity index is 417. The summed E-state index contributed by atoms with van der Waals surface area (Å²) in [4.78, 5) is 34.6. The van der Waals surface area contributed by atoms with Gasteiger partial charge in [0.1, 0.15) is 5.57 Å². The first-order valence-corrected chi connectivity index (χ1v) is 4.37. The van der Waals surface area contributed by atoms with Crippen molar-refractivity contribution < 1.29 is 19.5 Å². The number of hydrogen-bond acceptors (Lipinski definition) is 4. The van der Waals surface area contributed by atoms with Gasteiger partial charge in [-0.05, 0) is 13.8 Å². The van der Waals surface area contributed by atoms with Gasteiger partial charge >= 0.3 is 0 Å². The first-order chi connectivity index (χ1) is 6.91. The van der Waals surface area contributed by atoms with Crippen LogP contribution < -0.4 is 0 Å². The molecule has 0 aromatic heterocycles. The van der Waals surface area contributed by atoms with Crippen LogP contribution in [0.3, 0.4) is 0 Å². The predicted octanol–water partition coefficient (Wildman–Crippen LogP) is 0.680. The quantitative estimate of drug-likeness (QED) is 0.644. The van der Waals surface area contributed by atoms with E-state index >= 15 is 0 Å². The fraction of sp³-hybridized carbons (Fsp3) is 0.300. The van der Waals surface area contributed by atoms with Crippen molar-refractivity contribution in [2.45, 2.75) is 20.8 Å². The molecule has 0 aliphatic carbocycles. The topological polar surface area (TPSA) is 74.7 Å². The summed E-state index contributed by atoms with van der Waals surface area (Å²) >= 11 is 0. The molecular weight excluding hydrogens is 198 g/mol. The number of imide groups is 1. The summed E-state index contributed by atoms with van der Waals surface area (Å²) in [6, 6.07) is 0. The molecule has 0 fully saturated rings. The van der Waals surface area contributed by atoms with Crippen molar-refractivity contribution in [3.63, 3.8) is 0 Å². The Morgan fingerprint density at radius 1 is 1.33 bits per heavy atom. The number of amides is 2. The van der Waals surface area contributed by atoms with Crippen LogP contribution in [0.25, 0.3) is 0 Å². The molecule has 0 saturated heterocycles. The monoisotopic (exact) mass is 209 g/mol. The zero-order valence-electron chi connectivity index (χ0n) is 8.70. The number of rotatable bonds is 1. The minimum Gasteiger partial charge on any atom is -0.505 e. The fourth-order valence-corrected chi connectivity index (χ4v) is 1.45. The molecule has 1 aliphatic heterocycles. The summed E-state index contributed by atoms with van der Waals surface area (Å²) in [5, 5.41) is 9.58. The maximum Gasteiger partial charge on any atom is 0.272 e. The van der Waals surface area contributed by atoms with Crippen molar-refractivity contribution in [3.05, 3.63) is 23.1 Å². The molecule has 1 rings (SSSR count). The molecule has 0 atom stereocenters. The highest BCUT2D eigenvalue weighted by atomic mass is 16.3. The van der Waals surface area contributed by atoms with Crippen LogP contribution in [-0.4, -0.2) is 27.6 Å². The van der Waals surface area contributed by atoms with Gasteiger partial charge < -0.3 is 5.11 Å². The van der Waals surface area contributed by atoms with Gasteiger partial charge in [0.25, 0.3) is 5.91 Å². The Hall–Kier alpha value is -1.91. The SMILES string of the molecule is C/C=C1\C(O)=C(C(C)=O)C(=O)N1C(C)=O. The van der Waals surface area contributed by atoms with Gasteiger partial charge in [-0.1, -0.05) is 6.08 Å². The number of ketones is 1. The zero-order valence-corrected chi connectivity index (χ0v) is 8.70. The minimum atomic E-state index is -0.763. The molecule has 0 aromatic rings. The highest BCUT2D eigenvalue weighted by Gasteiger charge is 2.39. The van der Waals surface area contributed by atoms with E-state index in [0.717, 1.165) is 4.90 Å². The normalized spacial score (nSPS) is 19.0. The van der Waals surface area contributed by atoms with Gasteiger partial charge in [0.2, 0.25) is 5.91 Å². The van der Waals surface area contributed by atoms with Gasteiger partial charge in [0, 0.05) is 6.92 Å². The number of carbonyl (C=O) groups is 3. The molecule has 0 radical (unpaired) electrons. The van der Waals surface area contributed by atoms with E-state index in [-0.39, 0.29) is 11.3 Å². The summed E-state index contributed by atoms with van der Waals surface area (Å²) in [5.74, 6) is -2.28. The van der Waals surface area contributed by atoms with Crippen molar-refractivity contribution in [2.24, 2.45) is 0 Å². The van der Waals surface area contributed by atoms with Gasteiger partial charge in [-0.2, -0.15) is 0 Å². The van der Waals surface area contributed by atoms with E-state index in [2.05, 4.69) is 0 Å². The molecule has 15 heavy (non-hydrogen) atoms. The number of carbonyl (C=O) groups excluding carboxylic acids is 3. The van der Waals surface area contributed by atoms with Crippen LogP contribution in [-0.2, 0) is 14.4 Å².